The summed E-state index contributed by atoms with van der Waals surface area (Å²) in [6, 6.07) is 1.82. The Kier molecular flexibility index (Phi) is 3.77. The van der Waals surface area contributed by atoms with Gasteiger partial charge in [-0.1, -0.05) is 6.92 Å². The molecule has 0 amide bonds. The molecule has 0 unspecified atom stereocenters. The molecule has 1 saturated carbocycles. The van der Waals surface area contributed by atoms with Crippen LogP contribution in [0, 0.1) is 12.8 Å². The fourth-order valence-electron chi connectivity index (χ4n) is 2.28. The van der Waals surface area contributed by atoms with Gasteiger partial charge >= 0.3 is 0 Å². The van der Waals surface area contributed by atoms with Crippen molar-refractivity contribution in [1.29, 1.82) is 0 Å². The number of aryl methyl sites for hydroxylation is 1. The fraction of sp³-hybridized carbons (Fsp3) is 0.571. The van der Waals surface area contributed by atoms with E-state index in [1.165, 1.54) is 12.8 Å². The number of rotatable bonds is 3. The topological polar surface area (TPSA) is 39.2 Å². The van der Waals surface area contributed by atoms with Gasteiger partial charge < -0.3 is 4.74 Å². The lowest BCUT2D eigenvalue weighted by atomic mass is 9.89. The number of hydrogen-bond donors (Lipinski definition) is 0. The number of nitrogens with zero attached hydrogens (tertiary/aromatic N) is 1. The van der Waals surface area contributed by atoms with Crippen LogP contribution in [0.5, 0.6) is 5.88 Å². The maximum Gasteiger partial charge on any atom is 0.216 e. The number of hydrogen-bond acceptors (Lipinski definition) is 3. The Balaban J connectivity index is 2.01. The second-order valence-corrected chi connectivity index (χ2v) is 5.01. The van der Waals surface area contributed by atoms with E-state index in [1.807, 2.05) is 13.0 Å². The first kappa shape index (κ1) is 12.1. The molecule has 0 N–H and O–H groups in total. The number of carbonyl (C=O) groups excluding carboxylic acids is 1. The summed E-state index contributed by atoms with van der Waals surface area (Å²) >= 11 is 0. The van der Waals surface area contributed by atoms with E-state index in [0.29, 0.717) is 17.5 Å². The van der Waals surface area contributed by atoms with Gasteiger partial charge in [-0.2, -0.15) is 0 Å². The average Bonchev–Trinajstić information content (AvgIpc) is 2.34. The SMILES string of the molecule is Cc1cc(C=O)cnc1OC1CCC(C)CC1. The average molecular weight is 233 g/mol. The lowest BCUT2D eigenvalue weighted by Crippen LogP contribution is -2.23. The molecule has 0 aromatic carbocycles. The molecule has 17 heavy (non-hydrogen) atoms. The minimum atomic E-state index is 0.291. The van der Waals surface area contributed by atoms with Gasteiger partial charge in [0.25, 0.3) is 0 Å². The van der Waals surface area contributed by atoms with E-state index in [-0.39, 0.29) is 0 Å². The summed E-state index contributed by atoms with van der Waals surface area (Å²) in [7, 11) is 0. The van der Waals surface area contributed by atoms with Crippen molar-refractivity contribution in [3.63, 3.8) is 0 Å². The van der Waals surface area contributed by atoms with Gasteiger partial charge in [0.1, 0.15) is 6.10 Å². The van der Waals surface area contributed by atoms with Gasteiger partial charge in [0.05, 0.1) is 0 Å². The Labute approximate surface area is 102 Å². The van der Waals surface area contributed by atoms with Crippen LogP contribution in [0.1, 0.15) is 48.5 Å². The summed E-state index contributed by atoms with van der Waals surface area (Å²) in [4.78, 5) is 14.8. The summed E-state index contributed by atoms with van der Waals surface area (Å²) in [6.45, 7) is 4.22. The lowest BCUT2D eigenvalue weighted by Gasteiger charge is -2.26. The highest BCUT2D eigenvalue weighted by Gasteiger charge is 2.20. The summed E-state index contributed by atoms with van der Waals surface area (Å²) in [5, 5.41) is 0. The largest absolute Gasteiger partial charge is 0.474 e. The smallest absolute Gasteiger partial charge is 0.216 e. The van der Waals surface area contributed by atoms with Gasteiger partial charge in [0, 0.05) is 17.3 Å². The number of aldehydes is 1. The summed E-state index contributed by atoms with van der Waals surface area (Å²) in [5.41, 5.74) is 1.54. The van der Waals surface area contributed by atoms with Crippen molar-refractivity contribution in [2.45, 2.75) is 45.6 Å². The molecule has 1 aliphatic carbocycles. The van der Waals surface area contributed by atoms with Crippen molar-refractivity contribution >= 4 is 6.29 Å². The Morgan fingerprint density at radius 2 is 2.06 bits per heavy atom. The van der Waals surface area contributed by atoms with Crippen LogP contribution in [0.2, 0.25) is 0 Å². The molecule has 0 bridgehead atoms. The third-order valence-corrected chi connectivity index (χ3v) is 3.43. The number of carbonyl (C=O) groups is 1. The highest BCUT2D eigenvalue weighted by Crippen LogP contribution is 2.27. The van der Waals surface area contributed by atoms with Crippen molar-refractivity contribution in [3.8, 4) is 5.88 Å². The quantitative estimate of drug-likeness (QED) is 0.753. The van der Waals surface area contributed by atoms with Gasteiger partial charge in [0.15, 0.2) is 6.29 Å². The first-order valence-corrected chi connectivity index (χ1v) is 6.27. The zero-order chi connectivity index (χ0) is 12.3. The fourth-order valence-corrected chi connectivity index (χ4v) is 2.28. The van der Waals surface area contributed by atoms with E-state index in [9.17, 15) is 4.79 Å². The number of ether oxygens (including phenoxy) is 1. The first-order chi connectivity index (χ1) is 8.19. The predicted molar refractivity (Wildman–Crippen MR) is 66.4 cm³/mol. The molecule has 2 rings (SSSR count). The highest BCUT2D eigenvalue weighted by molar-refractivity contribution is 5.74. The Bertz CT molecular complexity index is 395. The molecule has 92 valence electrons. The van der Waals surface area contributed by atoms with Crippen LogP contribution < -0.4 is 4.74 Å². The monoisotopic (exact) mass is 233 g/mol. The van der Waals surface area contributed by atoms with Crippen LogP contribution >= 0.6 is 0 Å². The van der Waals surface area contributed by atoms with E-state index >= 15 is 0 Å². The van der Waals surface area contributed by atoms with E-state index < -0.39 is 0 Å². The number of pyridine rings is 1. The standard InChI is InChI=1S/C14H19NO2/c1-10-3-5-13(6-4-10)17-14-11(2)7-12(9-16)8-15-14/h7-10,13H,3-6H2,1-2H3. The third kappa shape index (κ3) is 3.05. The first-order valence-electron chi connectivity index (χ1n) is 6.27. The maximum absolute atomic E-state index is 10.6. The molecule has 1 heterocycles. The molecule has 1 aliphatic rings. The molecule has 0 atom stereocenters. The van der Waals surface area contributed by atoms with Crippen molar-refractivity contribution in [2.24, 2.45) is 5.92 Å². The Morgan fingerprint density at radius 1 is 1.35 bits per heavy atom. The summed E-state index contributed by atoms with van der Waals surface area (Å²) in [5.74, 6) is 1.50. The molecule has 0 spiro atoms. The van der Waals surface area contributed by atoms with Crippen molar-refractivity contribution < 1.29 is 9.53 Å². The normalized spacial score (nSPS) is 24.4. The second kappa shape index (κ2) is 5.30. The molecule has 0 aliphatic heterocycles. The van der Waals surface area contributed by atoms with Gasteiger partial charge in [-0.05, 0) is 44.6 Å². The molecule has 3 nitrogen and oxygen atoms in total. The van der Waals surface area contributed by atoms with Crippen molar-refractivity contribution in [2.75, 3.05) is 0 Å². The van der Waals surface area contributed by atoms with Gasteiger partial charge in [-0.25, -0.2) is 4.98 Å². The van der Waals surface area contributed by atoms with Crippen LogP contribution in [0.3, 0.4) is 0 Å². The van der Waals surface area contributed by atoms with Crippen LogP contribution in [-0.4, -0.2) is 17.4 Å². The minimum absolute atomic E-state index is 0.291. The van der Waals surface area contributed by atoms with E-state index in [1.54, 1.807) is 6.20 Å². The zero-order valence-electron chi connectivity index (χ0n) is 10.5. The van der Waals surface area contributed by atoms with Crippen LogP contribution in [0.15, 0.2) is 12.3 Å². The second-order valence-electron chi connectivity index (χ2n) is 5.01. The number of aromatic nitrogens is 1. The molecule has 1 fully saturated rings. The molecule has 0 saturated heterocycles. The van der Waals surface area contributed by atoms with E-state index in [2.05, 4.69) is 11.9 Å². The molecular weight excluding hydrogens is 214 g/mol. The zero-order valence-corrected chi connectivity index (χ0v) is 10.5. The predicted octanol–water partition coefficient (Wildman–Crippen LogP) is 3.16. The molecule has 3 heteroatoms. The van der Waals surface area contributed by atoms with Gasteiger partial charge in [0.2, 0.25) is 5.88 Å². The van der Waals surface area contributed by atoms with Crippen molar-refractivity contribution in [1.82, 2.24) is 4.98 Å². The Hall–Kier alpha value is -1.38. The summed E-state index contributed by atoms with van der Waals surface area (Å²) < 4.78 is 5.91. The van der Waals surface area contributed by atoms with Gasteiger partial charge in [-0.15, -0.1) is 0 Å². The summed E-state index contributed by atoms with van der Waals surface area (Å²) in [6.07, 6.45) is 7.36. The molecular formula is C14H19NO2. The molecule has 1 aromatic heterocycles. The van der Waals surface area contributed by atoms with E-state index in [4.69, 9.17) is 4.74 Å². The minimum Gasteiger partial charge on any atom is -0.474 e. The van der Waals surface area contributed by atoms with Crippen molar-refractivity contribution in [3.05, 3.63) is 23.4 Å². The molecule has 1 aromatic rings. The Morgan fingerprint density at radius 3 is 2.65 bits per heavy atom. The lowest BCUT2D eigenvalue weighted by molar-refractivity contribution is 0.112. The van der Waals surface area contributed by atoms with Gasteiger partial charge in [-0.3, -0.25) is 4.79 Å². The maximum atomic E-state index is 10.6. The van der Waals surface area contributed by atoms with Crippen LogP contribution in [0.4, 0.5) is 0 Å². The molecule has 0 radical (unpaired) electrons. The third-order valence-electron chi connectivity index (χ3n) is 3.43. The van der Waals surface area contributed by atoms with E-state index in [0.717, 1.165) is 30.6 Å². The van der Waals surface area contributed by atoms with Crippen LogP contribution in [0.25, 0.3) is 0 Å². The highest BCUT2D eigenvalue weighted by atomic mass is 16.5. The van der Waals surface area contributed by atoms with Crippen LogP contribution in [-0.2, 0) is 0 Å².